The van der Waals surface area contributed by atoms with Crippen LogP contribution in [-0.4, -0.2) is 63.0 Å². The molecule has 2 rings (SSSR count). The van der Waals surface area contributed by atoms with E-state index in [-0.39, 0.29) is 12.4 Å². The Morgan fingerprint density at radius 3 is 2.76 bits per heavy atom. The maximum atomic E-state index is 11.0. The Labute approximate surface area is 102 Å². The molecule has 0 spiro atoms. The number of nitrogens with zero attached hydrogens (tertiary/aromatic N) is 1. The number of ether oxygens (including phenoxy) is 3. The lowest BCUT2D eigenvalue weighted by Crippen LogP contribution is -2.43. The highest BCUT2D eigenvalue weighted by Crippen LogP contribution is 2.15. The van der Waals surface area contributed by atoms with Crippen LogP contribution in [0, 0.1) is 0 Å². The molecule has 0 aromatic rings. The van der Waals surface area contributed by atoms with Crippen molar-refractivity contribution in [2.24, 2.45) is 0 Å². The highest BCUT2D eigenvalue weighted by Gasteiger charge is 2.22. The fourth-order valence-corrected chi connectivity index (χ4v) is 2.17. The van der Waals surface area contributed by atoms with Gasteiger partial charge in [0.05, 0.1) is 13.2 Å². The van der Waals surface area contributed by atoms with Crippen molar-refractivity contribution < 1.29 is 19.0 Å². The minimum Gasteiger partial charge on any atom is -0.379 e. The van der Waals surface area contributed by atoms with Gasteiger partial charge >= 0.3 is 0 Å². The van der Waals surface area contributed by atoms with E-state index in [9.17, 15) is 4.79 Å². The Morgan fingerprint density at radius 2 is 2.12 bits per heavy atom. The predicted molar refractivity (Wildman–Crippen MR) is 61.8 cm³/mol. The molecule has 17 heavy (non-hydrogen) atoms. The Bertz CT molecular complexity index is 205. The third-order valence-corrected chi connectivity index (χ3v) is 3.16. The zero-order valence-corrected chi connectivity index (χ0v) is 10.2. The van der Waals surface area contributed by atoms with E-state index in [1.54, 1.807) is 0 Å². The van der Waals surface area contributed by atoms with E-state index in [4.69, 9.17) is 14.2 Å². The normalized spacial score (nSPS) is 28.8. The zero-order chi connectivity index (χ0) is 11.9. The summed E-state index contributed by atoms with van der Waals surface area (Å²) in [5.74, 6) is 0. The molecule has 1 unspecified atom stereocenters. The van der Waals surface area contributed by atoms with E-state index in [0.29, 0.717) is 6.54 Å². The van der Waals surface area contributed by atoms with Crippen molar-refractivity contribution in [2.75, 3.05) is 39.5 Å². The molecule has 0 aromatic heterocycles. The third kappa shape index (κ3) is 4.35. The first kappa shape index (κ1) is 13.0. The standard InChI is InChI=1S/C12H21NO4/c14-10-11(9-13-4-7-15-8-5-13)17-12-3-1-2-6-16-12/h10-12H,1-9H2/t11-,12?/m0/s1. The lowest BCUT2D eigenvalue weighted by atomic mass is 10.2. The van der Waals surface area contributed by atoms with Crippen LogP contribution >= 0.6 is 0 Å². The lowest BCUT2D eigenvalue weighted by Gasteiger charge is -2.31. The quantitative estimate of drug-likeness (QED) is 0.655. The van der Waals surface area contributed by atoms with E-state index < -0.39 is 0 Å². The van der Waals surface area contributed by atoms with Gasteiger partial charge in [0.25, 0.3) is 0 Å². The van der Waals surface area contributed by atoms with Gasteiger partial charge < -0.3 is 19.0 Å². The molecule has 2 heterocycles. The van der Waals surface area contributed by atoms with E-state index in [2.05, 4.69) is 4.90 Å². The van der Waals surface area contributed by atoms with Gasteiger partial charge in [-0.3, -0.25) is 4.90 Å². The van der Waals surface area contributed by atoms with Crippen LogP contribution in [0.2, 0.25) is 0 Å². The molecule has 0 aliphatic carbocycles. The minimum atomic E-state index is -0.379. The molecule has 2 saturated heterocycles. The minimum absolute atomic E-state index is 0.194. The van der Waals surface area contributed by atoms with Crippen LogP contribution in [0.4, 0.5) is 0 Å². The number of aldehydes is 1. The topological polar surface area (TPSA) is 48.0 Å². The number of carbonyl (C=O) groups excluding carboxylic acids is 1. The predicted octanol–water partition coefficient (Wildman–Crippen LogP) is 0.429. The summed E-state index contributed by atoms with van der Waals surface area (Å²) in [6.07, 6.45) is 3.42. The molecule has 2 fully saturated rings. The molecule has 2 aliphatic heterocycles. The third-order valence-electron chi connectivity index (χ3n) is 3.16. The van der Waals surface area contributed by atoms with Gasteiger partial charge in [-0.2, -0.15) is 0 Å². The molecule has 5 nitrogen and oxygen atoms in total. The van der Waals surface area contributed by atoms with Crippen molar-refractivity contribution in [2.45, 2.75) is 31.7 Å². The molecule has 2 atom stereocenters. The number of rotatable bonds is 5. The van der Waals surface area contributed by atoms with Crippen LogP contribution in [0.15, 0.2) is 0 Å². The summed E-state index contributed by atoms with van der Waals surface area (Å²) in [6.45, 7) is 4.62. The largest absolute Gasteiger partial charge is 0.379 e. The highest BCUT2D eigenvalue weighted by molar-refractivity contribution is 5.56. The average Bonchev–Trinajstić information content (AvgIpc) is 2.40. The summed E-state index contributed by atoms with van der Waals surface area (Å²) in [5.41, 5.74) is 0. The average molecular weight is 243 g/mol. The lowest BCUT2D eigenvalue weighted by molar-refractivity contribution is -0.190. The molecule has 0 saturated carbocycles. The molecule has 0 aromatic carbocycles. The van der Waals surface area contributed by atoms with Crippen molar-refractivity contribution in [3.63, 3.8) is 0 Å². The van der Waals surface area contributed by atoms with Crippen molar-refractivity contribution in [3.05, 3.63) is 0 Å². The van der Waals surface area contributed by atoms with Gasteiger partial charge in [-0.25, -0.2) is 0 Å². The Balaban J connectivity index is 1.72. The SMILES string of the molecule is O=C[C@H](CN1CCOCC1)OC1CCCCO1. The first-order chi connectivity index (χ1) is 8.38. The van der Waals surface area contributed by atoms with Gasteiger partial charge in [-0.05, 0) is 19.3 Å². The van der Waals surface area contributed by atoms with Gasteiger partial charge in [0, 0.05) is 26.2 Å². The van der Waals surface area contributed by atoms with E-state index in [1.165, 1.54) is 0 Å². The van der Waals surface area contributed by atoms with Crippen LogP contribution in [0.25, 0.3) is 0 Å². The van der Waals surface area contributed by atoms with Crippen molar-refractivity contribution in [1.29, 1.82) is 0 Å². The zero-order valence-electron chi connectivity index (χ0n) is 10.2. The fraction of sp³-hybridized carbons (Fsp3) is 0.917. The summed E-state index contributed by atoms with van der Waals surface area (Å²) in [5, 5.41) is 0. The summed E-state index contributed by atoms with van der Waals surface area (Å²) in [4.78, 5) is 13.2. The fourth-order valence-electron chi connectivity index (χ4n) is 2.17. The Hall–Kier alpha value is -0.490. The highest BCUT2D eigenvalue weighted by atomic mass is 16.7. The van der Waals surface area contributed by atoms with Gasteiger partial charge in [0.2, 0.25) is 0 Å². The second-order valence-electron chi connectivity index (χ2n) is 4.52. The number of morpholine rings is 1. The Kier molecular flexibility index (Phi) is 5.38. The maximum Gasteiger partial charge on any atom is 0.158 e. The molecule has 0 radical (unpaired) electrons. The number of hydrogen-bond donors (Lipinski definition) is 0. The summed E-state index contributed by atoms with van der Waals surface area (Å²) in [7, 11) is 0. The smallest absolute Gasteiger partial charge is 0.158 e. The molecular weight excluding hydrogens is 222 g/mol. The van der Waals surface area contributed by atoms with Crippen LogP contribution in [0.5, 0.6) is 0 Å². The van der Waals surface area contributed by atoms with Crippen LogP contribution in [-0.2, 0) is 19.0 Å². The van der Waals surface area contributed by atoms with E-state index in [1.807, 2.05) is 0 Å². The summed E-state index contributed by atoms with van der Waals surface area (Å²) >= 11 is 0. The van der Waals surface area contributed by atoms with E-state index >= 15 is 0 Å². The van der Waals surface area contributed by atoms with Crippen molar-refractivity contribution in [3.8, 4) is 0 Å². The molecule has 2 aliphatic rings. The first-order valence-electron chi connectivity index (χ1n) is 6.41. The van der Waals surface area contributed by atoms with Gasteiger partial charge in [0.1, 0.15) is 12.4 Å². The monoisotopic (exact) mass is 243 g/mol. The molecule has 0 bridgehead atoms. The van der Waals surface area contributed by atoms with Crippen LogP contribution in [0.3, 0.4) is 0 Å². The second kappa shape index (κ2) is 7.06. The molecule has 0 amide bonds. The first-order valence-corrected chi connectivity index (χ1v) is 6.41. The van der Waals surface area contributed by atoms with Crippen molar-refractivity contribution >= 4 is 6.29 Å². The van der Waals surface area contributed by atoms with Crippen molar-refractivity contribution in [1.82, 2.24) is 4.90 Å². The summed E-state index contributed by atoms with van der Waals surface area (Å²) in [6, 6.07) is 0. The van der Waals surface area contributed by atoms with E-state index in [0.717, 1.165) is 58.5 Å². The molecule has 98 valence electrons. The number of carbonyl (C=O) groups is 1. The number of hydrogen-bond acceptors (Lipinski definition) is 5. The molecular formula is C12H21NO4. The van der Waals surface area contributed by atoms with Crippen LogP contribution in [0.1, 0.15) is 19.3 Å². The van der Waals surface area contributed by atoms with Gasteiger partial charge in [-0.1, -0.05) is 0 Å². The molecule has 0 N–H and O–H groups in total. The maximum absolute atomic E-state index is 11.0. The van der Waals surface area contributed by atoms with Crippen LogP contribution < -0.4 is 0 Å². The van der Waals surface area contributed by atoms with Gasteiger partial charge in [0.15, 0.2) is 6.29 Å². The Morgan fingerprint density at radius 1 is 1.29 bits per heavy atom. The molecule has 5 heteroatoms. The summed E-state index contributed by atoms with van der Waals surface area (Å²) < 4.78 is 16.4. The van der Waals surface area contributed by atoms with Gasteiger partial charge in [-0.15, -0.1) is 0 Å². The second-order valence-corrected chi connectivity index (χ2v) is 4.52.